The minimum absolute atomic E-state index is 0.151. The average Bonchev–Trinajstić information content (AvgIpc) is 2.34. The van der Waals surface area contributed by atoms with Gasteiger partial charge in [0.05, 0.1) is 7.11 Å². The van der Waals surface area contributed by atoms with Gasteiger partial charge in [-0.3, -0.25) is 0 Å². The number of hydrogen-bond acceptors (Lipinski definition) is 2. The van der Waals surface area contributed by atoms with Gasteiger partial charge in [0.25, 0.3) is 0 Å². The van der Waals surface area contributed by atoms with Crippen LogP contribution in [0.5, 0.6) is 5.75 Å². The summed E-state index contributed by atoms with van der Waals surface area (Å²) in [6.07, 6.45) is 3.44. The summed E-state index contributed by atoms with van der Waals surface area (Å²) in [5.74, 6) is 1.43. The van der Waals surface area contributed by atoms with Gasteiger partial charge in [0.1, 0.15) is 5.75 Å². The molecule has 96 valence electrons. The van der Waals surface area contributed by atoms with Crippen LogP contribution in [0.2, 0.25) is 0 Å². The standard InChI is InChI=1S/C15H25NO/c1-5-6-7-14(16)12-8-9-15(17-4)13(10-12)11(2)3/h8-11,14H,5-7,16H2,1-4H3. The third kappa shape index (κ3) is 3.74. The SMILES string of the molecule is CCCCC(N)c1ccc(OC)c(C(C)C)c1. The van der Waals surface area contributed by atoms with Crippen molar-refractivity contribution in [2.24, 2.45) is 5.73 Å². The van der Waals surface area contributed by atoms with Gasteiger partial charge in [-0.25, -0.2) is 0 Å². The molecule has 0 aromatic heterocycles. The van der Waals surface area contributed by atoms with Crippen molar-refractivity contribution in [1.29, 1.82) is 0 Å². The number of ether oxygens (including phenoxy) is 1. The van der Waals surface area contributed by atoms with Crippen LogP contribution in [-0.2, 0) is 0 Å². The quantitative estimate of drug-likeness (QED) is 0.808. The summed E-state index contributed by atoms with van der Waals surface area (Å²) in [5, 5.41) is 0. The number of methoxy groups -OCH3 is 1. The highest BCUT2D eigenvalue weighted by molar-refractivity contribution is 5.40. The van der Waals surface area contributed by atoms with Gasteiger partial charge < -0.3 is 10.5 Å². The van der Waals surface area contributed by atoms with Crippen LogP contribution >= 0.6 is 0 Å². The molecule has 0 amide bonds. The first-order chi connectivity index (χ1) is 8.10. The fraction of sp³-hybridized carbons (Fsp3) is 0.600. The highest BCUT2D eigenvalue weighted by atomic mass is 16.5. The van der Waals surface area contributed by atoms with E-state index in [1.54, 1.807) is 7.11 Å². The lowest BCUT2D eigenvalue weighted by Crippen LogP contribution is -2.11. The average molecular weight is 235 g/mol. The summed E-state index contributed by atoms with van der Waals surface area (Å²) in [7, 11) is 1.72. The first-order valence-corrected chi connectivity index (χ1v) is 6.53. The Hall–Kier alpha value is -1.02. The van der Waals surface area contributed by atoms with Crippen molar-refractivity contribution < 1.29 is 4.74 Å². The zero-order valence-electron chi connectivity index (χ0n) is 11.5. The smallest absolute Gasteiger partial charge is 0.122 e. The molecule has 0 fully saturated rings. The molecule has 0 aliphatic carbocycles. The van der Waals surface area contributed by atoms with Crippen molar-refractivity contribution in [2.75, 3.05) is 7.11 Å². The number of nitrogens with two attached hydrogens (primary N) is 1. The van der Waals surface area contributed by atoms with Gasteiger partial charge in [-0.15, -0.1) is 0 Å². The van der Waals surface area contributed by atoms with Gasteiger partial charge in [0, 0.05) is 6.04 Å². The molecule has 1 atom stereocenters. The normalized spacial score (nSPS) is 12.8. The Kier molecular flexibility index (Phi) is 5.49. The van der Waals surface area contributed by atoms with Crippen LogP contribution in [0.15, 0.2) is 18.2 Å². The summed E-state index contributed by atoms with van der Waals surface area (Å²) in [6, 6.07) is 6.48. The molecule has 2 nitrogen and oxygen atoms in total. The Morgan fingerprint density at radius 1 is 1.29 bits per heavy atom. The van der Waals surface area contributed by atoms with Crippen LogP contribution in [0.4, 0.5) is 0 Å². The molecule has 0 bridgehead atoms. The fourth-order valence-electron chi connectivity index (χ4n) is 2.03. The maximum atomic E-state index is 6.20. The van der Waals surface area contributed by atoms with Crippen molar-refractivity contribution in [1.82, 2.24) is 0 Å². The Balaban J connectivity index is 2.91. The first kappa shape index (κ1) is 14.0. The lowest BCUT2D eigenvalue weighted by Gasteiger charge is -2.17. The summed E-state index contributed by atoms with van der Waals surface area (Å²) in [5.41, 5.74) is 8.67. The maximum Gasteiger partial charge on any atom is 0.122 e. The van der Waals surface area contributed by atoms with Crippen LogP contribution in [0.3, 0.4) is 0 Å². The molecule has 2 N–H and O–H groups in total. The van der Waals surface area contributed by atoms with Gasteiger partial charge in [-0.1, -0.05) is 45.7 Å². The van der Waals surface area contributed by atoms with Crippen LogP contribution in [0.1, 0.15) is 63.1 Å². The molecule has 0 heterocycles. The Bertz CT molecular complexity index is 347. The number of benzene rings is 1. The van der Waals surface area contributed by atoms with Crippen LogP contribution in [0, 0.1) is 0 Å². The van der Waals surface area contributed by atoms with E-state index in [0.717, 1.165) is 12.2 Å². The van der Waals surface area contributed by atoms with Crippen molar-refractivity contribution in [3.05, 3.63) is 29.3 Å². The van der Waals surface area contributed by atoms with E-state index in [1.807, 2.05) is 6.07 Å². The van der Waals surface area contributed by atoms with Crippen LogP contribution < -0.4 is 10.5 Å². The molecule has 1 rings (SSSR count). The van der Waals surface area contributed by atoms with Crippen molar-refractivity contribution in [2.45, 2.75) is 52.0 Å². The zero-order chi connectivity index (χ0) is 12.8. The monoisotopic (exact) mass is 235 g/mol. The number of rotatable bonds is 6. The molecule has 0 saturated heterocycles. The molecule has 0 radical (unpaired) electrons. The van der Waals surface area contributed by atoms with E-state index < -0.39 is 0 Å². The van der Waals surface area contributed by atoms with E-state index in [1.165, 1.54) is 24.0 Å². The minimum atomic E-state index is 0.151. The molecular formula is C15H25NO. The molecule has 1 aromatic rings. The second-order valence-electron chi connectivity index (χ2n) is 4.90. The van der Waals surface area contributed by atoms with Gasteiger partial charge in [-0.05, 0) is 29.5 Å². The summed E-state index contributed by atoms with van der Waals surface area (Å²) >= 11 is 0. The molecule has 1 aromatic carbocycles. The Morgan fingerprint density at radius 2 is 2.00 bits per heavy atom. The van der Waals surface area contributed by atoms with E-state index in [0.29, 0.717) is 5.92 Å². The Morgan fingerprint density at radius 3 is 2.53 bits per heavy atom. The molecular weight excluding hydrogens is 210 g/mol. The molecule has 0 aliphatic rings. The molecule has 0 aliphatic heterocycles. The van der Waals surface area contributed by atoms with Crippen molar-refractivity contribution in [3.8, 4) is 5.75 Å². The lowest BCUT2D eigenvalue weighted by molar-refractivity contribution is 0.407. The molecule has 0 spiro atoms. The summed E-state index contributed by atoms with van der Waals surface area (Å²) in [6.45, 7) is 6.55. The second kappa shape index (κ2) is 6.65. The van der Waals surface area contributed by atoms with Gasteiger partial charge in [0.15, 0.2) is 0 Å². The highest BCUT2D eigenvalue weighted by Gasteiger charge is 2.11. The van der Waals surface area contributed by atoms with Crippen molar-refractivity contribution in [3.63, 3.8) is 0 Å². The van der Waals surface area contributed by atoms with E-state index in [2.05, 4.69) is 32.9 Å². The van der Waals surface area contributed by atoms with Gasteiger partial charge in [-0.2, -0.15) is 0 Å². The van der Waals surface area contributed by atoms with Crippen LogP contribution in [0.25, 0.3) is 0 Å². The first-order valence-electron chi connectivity index (χ1n) is 6.53. The van der Waals surface area contributed by atoms with E-state index in [9.17, 15) is 0 Å². The molecule has 2 heteroatoms. The molecule has 1 unspecified atom stereocenters. The topological polar surface area (TPSA) is 35.2 Å². The van der Waals surface area contributed by atoms with E-state index in [4.69, 9.17) is 10.5 Å². The Labute approximate surface area is 105 Å². The maximum absolute atomic E-state index is 6.20. The number of hydrogen-bond donors (Lipinski definition) is 1. The third-order valence-electron chi connectivity index (χ3n) is 3.17. The van der Waals surface area contributed by atoms with Crippen LogP contribution in [-0.4, -0.2) is 7.11 Å². The zero-order valence-corrected chi connectivity index (χ0v) is 11.5. The molecule has 0 saturated carbocycles. The number of unbranched alkanes of at least 4 members (excludes halogenated alkanes) is 1. The van der Waals surface area contributed by atoms with Gasteiger partial charge in [0.2, 0.25) is 0 Å². The second-order valence-corrected chi connectivity index (χ2v) is 4.90. The fourth-order valence-corrected chi connectivity index (χ4v) is 2.03. The van der Waals surface area contributed by atoms with E-state index >= 15 is 0 Å². The van der Waals surface area contributed by atoms with E-state index in [-0.39, 0.29) is 6.04 Å². The predicted octanol–water partition coefficient (Wildman–Crippen LogP) is 4.01. The largest absolute Gasteiger partial charge is 0.496 e. The highest BCUT2D eigenvalue weighted by Crippen LogP contribution is 2.29. The van der Waals surface area contributed by atoms with Crippen molar-refractivity contribution >= 4 is 0 Å². The molecule has 17 heavy (non-hydrogen) atoms. The van der Waals surface area contributed by atoms with Gasteiger partial charge >= 0.3 is 0 Å². The lowest BCUT2D eigenvalue weighted by atomic mass is 9.95. The summed E-state index contributed by atoms with van der Waals surface area (Å²) < 4.78 is 5.38. The third-order valence-corrected chi connectivity index (χ3v) is 3.17. The minimum Gasteiger partial charge on any atom is -0.496 e. The predicted molar refractivity (Wildman–Crippen MR) is 73.5 cm³/mol. The summed E-state index contributed by atoms with van der Waals surface area (Å²) in [4.78, 5) is 0.